The zero-order valence-electron chi connectivity index (χ0n) is 10.4. The average molecular weight is 215 g/mol. The van der Waals surface area contributed by atoms with Crippen LogP contribution in [-0.4, -0.2) is 24.2 Å². The summed E-state index contributed by atoms with van der Waals surface area (Å²) in [5, 5.41) is 11.9. The first kappa shape index (κ1) is 14.4. The van der Waals surface area contributed by atoms with Gasteiger partial charge in [-0.15, -0.1) is 0 Å². The highest BCUT2D eigenvalue weighted by Gasteiger charge is 2.20. The van der Waals surface area contributed by atoms with Crippen molar-refractivity contribution in [3.63, 3.8) is 0 Å². The number of hydrogen-bond acceptors (Lipinski definition) is 2. The summed E-state index contributed by atoms with van der Waals surface area (Å²) in [6, 6.07) is 0. The molecule has 2 N–H and O–H groups in total. The van der Waals surface area contributed by atoms with Gasteiger partial charge in [-0.05, 0) is 24.7 Å². The average Bonchev–Trinajstić information content (AvgIpc) is 2.12. The zero-order valence-corrected chi connectivity index (χ0v) is 10.4. The van der Waals surface area contributed by atoms with Gasteiger partial charge in [0.2, 0.25) is 5.91 Å². The van der Waals surface area contributed by atoms with Crippen molar-refractivity contribution in [1.82, 2.24) is 5.32 Å². The van der Waals surface area contributed by atoms with Crippen LogP contribution in [0.2, 0.25) is 0 Å². The van der Waals surface area contributed by atoms with Crippen molar-refractivity contribution in [3.05, 3.63) is 0 Å². The fraction of sp³-hybridized carbons (Fsp3) is 0.917. The molecule has 1 unspecified atom stereocenters. The molecular weight excluding hydrogens is 190 g/mol. The van der Waals surface area contributed by atoms with Crippen LogP contribution in [0.15, 0.2) is 0 Å². The molecule has 0 aliphatic heterocycles. The predicted molar refractivity (Wildman–Crippen MR) is 62.5 cm³/mol. The summed E-state index contributed by atoms with van der Waals surface area (Å²) < 4.78 is 0. The zero-order chi connectivity index (χ0) is 11.8. The number of hydrogen-bond donors (Lipinski definition) is 2. The maximum atomic E-state index is 11.6. The van der Waals surface area contributed by atoms with Crippen LogP contribution < -0.4 is 5.32 Å². The molecule has 0 saturated carbocycles. The summed E-state index contributed by atoms with van der Waals surface area (Å²) in [6.07, 6.45) is 2.14. The SMILES string of the molecule is CC(C)CCCNC(=O)C(CO)C(C)C. The molecular formula is C12H25NO2. The second-order valence-electron chi connectivity index (χ2n) is 4.86. The number of rotatable bonds is 7. The summed E-state index contributed by atoms with van der Waals surface area (Å²) >= 11 is 0. The molecule has 0 fully saturated rings. The monoisotopic (exact) mass is 215 g/mol. The van der Waals surface area contributed by atoms with Crippen molar-refractivity contribution in [2.24, 2.45) is 17.8 Å². The summed E-state index contributed by atoms with van der Waals surface area (Å²) in [7, 11) is 0. The molecule has 0 saturated heterocycles. The van der Waals surface area contributed by atoms with Crippen LogP contribution in [0.3, 0.4) is 0 Å². The highest BCUT2D eigenvalue weighted by Crippen LogP contribution is 2.10. The van der Waals surface area contributed by atoms with Gasteiger partial charge in [0.15, 0.2) is 0 Å². The van der Waals surface area contributed by atoms with Crippen LogP contribution in [0, 0.1) is 17.8 Å². The normalized spacial score (nSPS) is 13.3. The molecule has 0 radical (unpaired) electrons. The maximum absolute atomic E-state index is 11.6. The molecule has 90 valence electrons. The van der Waals surface area contributed by atoms with Crippen LogP contribution in [0.25, 0.3) is 0 Å². The van der Waals surface area contributed by atoms with Crippen LogP contribution >= 0.6 is 0 Å². The molecule has 15 heavy (non-hydrogen) atoms. The van der Waals surface area contributed by atoms with Gasteiger partial charge < -0.3 is 10.4 Å². The minimum Gasteiger partial charge on any atom is -0.396 e. The number of aliphatic hydroxyl groups excluding tert-OH is 1. The van der Waals surface area contributed by atoms with E-state index in [4.69, 9.17) is 5.11 Å². The molecule has 0 aromatic heterocycles. The van der Waals surface area contributed by atoms with E-state index >= 15 is 0 Å². The van der Waals surface area contributed by atoms with Crippen molar-refractivity contribution in [2.45, 2.75) is 40.5 Å². The first-order valence-electron chi connectivity index (χ1n) is 5.87. The maximum Gasteiger partial charge on any atom is 0.225 e. The second-order valence-corrected chi connectivity index (χ2v) is 4.86. The molecule has 0 aliphatic rings. The molecule has 0 rings (SSSR count). The lowest BCUT2D eigenvalue weighted by atomic mass is 9.96. The number of carbonyl (C=O) groups is 1. The van der Waals surface area contributed by atoms with E-state index in [1.54, 1.807) is 0 Å². The summed E-state index contributed by atoms with van der Waals surface area (Å²) in [5.74, 6) is 0.598. The third-order valence-corrected chi connectivity index (χ3v) is 2.60. The summed E-state index contributed by atoms with van der Waals surface area (Å²) in [5.41, 5.74) is 0. The van der Waals surface area contributed by atoms with Crippen molar-refractivity contribution in [3.8, 4) is 0 Å². The van der Waals surface area contributed by atoms with Gasteiger partial charge in [0.25, 0.3) is 0 Å². The Kier molecular flexibility index (Phi) is 7.39. The van der Waals surface area contributed by atoms with E-state index in [2.05, 4.69) is 19.2 Å². The first-order chi connectivity index (χ1) is 6.99. The van der Waals surface area contributed by atoms with E-state index in [1.165, 1.54) is 0 Å². The van der Waals surface area contributed by atoms with E-state index in [-0.39, 0.29) is 24.3 Å². The Morgan fingerprint density at radius 3 is 2.27 bits per heavy atom. The number of amides is 1. The quantitative estimate of drug-likeness (QED) is 0.636. The fourth-order valence-electron chi connectivity index (χ4n) is 1.45. The van der Waals surface area contributed by atoms with E-state index in [0.717, 1.165) is 19.4 Å². The van der Waals surface area contributed by atoms with Gasteiger partial charge in [0, 0.05) is 6.54 Å². The molecule has 3 nitrogen and oxygen atoms in total. The lowest BCUT2D eigenvalue weighted by Crippen LogP contribution is -2.36. The lowest BCUT2D eigenvalue weighted by molar-refractivity contribution is -0.127. The number of nitrogens with one attached hydrogen (secondary N) is 1. The van der Waals surface area contributed by atoms with Crippen molar-refractivity contribution < 1.29 is 9.90 Å². The highest BCUT2D eigenvalue weighted by atomic mass is 16.3. The van der Waals surface area contributed by atoms with Gasteiger partial charge in [-0.1, -0.05) is 27.7 Å². The summed E-state index contributed by atoms with van der Waals surface area (Å²) in [4.78, 5) is 11.6. The second kappa shape index (κ2) is 7.69. The Morgan fingerprint density at radius 2 is 1.87 bits per heavy atom. The minimum absolute atomic E-state index is 0.0174. The van der Waals surface area contributed by atoms with Crippen molar-refractivity contribution in [2.75, 3.05) is 13.2 Å². The smallest absolute Gasteiger partial charge is 0.225 e. The molecule has 0 aliphatic carbocycles. The molecule has 1 amide bonds. The molecule has 0 spiro atoms. The highest BCUT2D eigenvalue weighted by molar-refractivity contribution is 5.78. The van der Waals surface area contributed by atoms with Gasteiger partial charge in [-0.25, -0.2) is 0 Å². The topological polar surface area (TPSA) is 49.3 Å². The minimum atomic E-state index is -0.260. The van der Waals surface area contributed by atoms with E-state index in [0.29, 0.717) is 5.92 Å². The van der Waals surface area contributed by atoms with Gasteiger partial charge >= 0.3 is 0 Å². The molecule has 0 aromatic rings. The summed E-state index contributed by atoms with van der Waals surface area (Å²) in [6.45, 7) is 8.91. The predicted octanol–water partition coefficient (Wildman–Crippen LogP) is 1.80. The van der Waals surface area contributed by atoms with Crippen molar-refractivity contribution in [1.29, 1.82) is 0 Å². The molecule has 3 heteroatoms. The van der Waals surface area contributed by atoms with Gasteiger partial charge in [0.05, 0.1) is 12.5 Å². The molecule has 0 heterocycles. The van der Waals surface area contributed by atoms with E-state index in [1.807, 2.05) is 13.8 Å². The van der Waals surface area contributed by atoms with Crippen LogP contribution in [0.4, 0.5) is 0 Å². The largest absolute Gasteiger partial charge is 0.396 e. The fourth-order valence-corrected chi connectivity index (χ4v) is 1.45. The third-order valence-electron chi connectivity index (χ3n) is 2.60. The van der Waals surface area contributed by atoms with E-state index < -0.39 is 0 Å². The van der Waals surface area contributed by atoms with Gasteiger partial charge in [-0.3, -0.25) is 4.79 Å². The Bertz CT molecular complexity index is 178. The first-order valence-corrected chi connectivity index (χ1v) is 5.87. The van der Waals surface area contributed by atoms with Crippen molar-refractivity contribution >= 4 is 5.91 Å². The molecule has 0 bridgehead atoms. The standard InChI is InChI=1S/C12H25NO2/c1-9(2)6-5-7-13-12(15)11(8-14)10(3)4/h9-11,14H,5-8H2,1-4H3,(H,13,15). The van der Waals surface area contributed by atoms with E-state index in [9.17, 15) is 4.79 Å². The van der Waals surface area contributed by atoms with Gasteiger partial charge in [-0.2, -0.15) is 0 Å². The Balaban J connectivity index is 3.72. The van der Waals surface area contributed by atoms with Crippen LogP contribution in [0.1, 0.15) is 40.5 Å². The number of carbonyl (C=O) groups excluding carboxylic acids is 1. The lowest BCUT2D eigenvalue weighted by Gasteiger charge is -2.17. The molecule has 1 atom stereocenters. The van der Waals surface area contributed by atoms with Gasteiger partial charge in [0.1, 0.15) is 0 Å². The molecule has 0 aromatic carbocycles. The Morgan fingerprint density at radius 1 is 1.27 bits per heavy atom. The van der Waals surface area contributed by atoms with Crippen LogP contribution in [-0.2, 0) is 4.79 Å². The van der Waals surface area contributed by atoms with Crippen LogP contribution in [0.5, 0.6) is 0 Å². The Hall–Kier alpha value is -0.570. The number of aliphatic hydroxyl groups is 1. The third kappa shape index (κ3) is 6.50. The Labute approximate surface area is 93.3 Å².